The number of allylic oxidation sites excluding steroid dienone is 3. The van der Waals surface area contributed by atoms with Crippen molar-refractivity contribution in [2.75, 3.05) is 0 Å². The van der Waals surface area contributed by atoms with Crippen LogP contribution in [0.3, 0.4) is 0 Å². The maximum absolute atomic E-state index is 5.10. The Balaban J connectivity index is 3.01. The molecule has 0 spiro atoms. The quantitative estimate of drug-likeness (QED) is 0.241. The van der Waals surface area contributed by atoms with E-state index in [1.807, 2.05) is 6.08 Å². The van der Waals surface area contributed by atoms with Gasteiger partial charge < -0.3 is 0 Å². The molecule has 0 heterocycles. The summed E-state index contributed by atoms with van der Waals surface area (Å²) in [5.74, 6) is 0. The molecule has 0 fully saturated rings. The van der Waals surface area contributed by atoms with Crippen molar-refractivity contribution in [2.24, 2.45) is 0 Å². The zero-order chi connectivity index (χ0) is 11.9. The molecule has 0 saturated heterocycles. The van der Waals surface area contributed by atoms with Crippen LogP contribution in [0.15, 0.2) is 24.0 Å². The summed E-state index contributed by atoms with van der Waals surface area (Å²) in [6.07, 6.45) is 19.6. The highest BCUT2D eigenvalue weighted by Gasteiger charge is 1.90. The van der Waals surface area contributed by atoms with E-state index in [9.17, 15) is 0 Å². The molecule has 0 bridgehead atoms. The van der Waals surface area contributed by atoms with Gasteiger partial charge in [-0.1, -0.05) is 70.4 Å². The lowest BCUT2D eigenvalue weighted by atomic mass is 10.1. The first-order chi connectivity index (χ1) is 7.91. The van der Waals surface area contributed by atoms with E-state index in [1.54, 1.807) is 6.08 Å². The Kier molecular flexibility index (Phi) is 13.6. The second-order valence-electron chi connectivity index (χ2n) is 4.38. The minimum atomic E-state index is 1.17. The summed E-state index contributed by atoms with van der Waals surface area (Å²) in [5.41, 5.74) is 2.49. The number of hydrogen-bond acceptors (Lipinski definition) is 0. The maximum atomic E-state index is 5.10. The second-order valence-corrected chi connectivity index (χ2v) is 4.38. The third-order valence-corrected chi connectivity index (χ3v) is 2.80. The predicted molar refractivity (Wildman–Crippen MR) is 73.4 cm³/mol. The largest absolute Gasteiger partial charge is 0.120 e. The smallest absolute Gasteiger partial charge is 0.0123 e. The van der Waals surface area contributed by atoms with Crippen LogP contribution in [0, 0.1) is 6.58 Å². The van der Waals surface area contributed by atoms with E-state index in [2.05, 4.69) is 18.7 Å². The zero-order valence-corrected chi connectivity index (χ0v) is 10.9. The Labute approximate surface area is 102 Å². The molecule has 0 aromatic carbocycles. The van der Waals surface area contributed by atoms with E-state index in [-0.39, 0.29) is 0 Å². The summed E-state index contributed by atoms with van der Waals surface area (Å²) >= 11 is 0. The molecule has 0 heteroatoms. The first-order valence-corrected chi connectivity index (χ1v) is 6.86. The molecule has 0 saturated carbocycles. The zero-order valence-electron chi connectivity index (χ0n) is 10.9. The van der Waals surface area contributed by atoms with Gasteiger partial charge in [-0.25, -0.2) is 0 Å². The molecule has 0 aliphatic rings. The molecule has 0 aromatic heterocycles. The molecule has 0 nitrogen and oxygen atoms in total. The highest BCUT2D eigenvalue weighted by molar-refractivity contribution is 4.99. The van der Waals surface area contributed by atoms with Gasteiger partial charge in [0, 0.05) is 0 Å². The molecule has 0 amide bonds. The van der Waals surface area contributed by atoms with Crippen LogP contribution in [0.4, 0.5) is 0 Å². The average molecular weight is 219 g/mol. The van der Waals surface area contributed by atoms with Gasteiger partial charge in [0.2, 0.25) is 0 Å². The number of hydrogen-bond donors (Lipinski definition) is 0. The Morgan fingerprint density at radius 1 is 0.875 bits per heavy atom. The molecule has 0 N–H and O–H groups in total. The van der Waals surface area contributed by atoms with Gasteiger partial charge in [0.1, 0.15) is 0 Å². The van der Waals surface area contributed by atoms with Gasteiger partial charge >= 0.3 is 0 Å². The SMILES string of the molecule is [CH]=C=CC=CCCCCCCCCCCC. The summed E-state index contributed by atoms with van der Waals surface area (Å²) in [6, 6.07) is 0. The third kappa shape index (κ3) is 13.3. The Hall–Kier alpha value is -0.740. The Bertz CT molecular complexity index is 194. The van der Waals surface area contributed by atoms with Gasteiger partial charge in [-0.3, -0.25) is 0 Å². The monoisotopic (exact) mass is 219 g/mol. The lowest BCUT2D eigenvalue weighted by Crippen LogP contribution is -1.80. The van der Waals surface area contributed by atoms with E-state index < -0.39 is 0 Å². The Morgan fingerprint density at radius 3 is 2.00 bits per heavy atom. The molecule has 16 heavy (non-hydrogen) atoms. The van der Waals surface area contributed by atoms with Crippen molar-refractivity contribution in [1.29, 1.82) is 0 Å². The molecule has 0 aliphatic heterocycles. The van der Waals surface area contributed by atoms with Crippen molar-refractivity contribution >= 4 is 0 Å². The minimum Gasteiger partial charge on any atom is -0.120 e. The lowest BCUT2D eigenvalue weighted by Gasteiger charge is -2.00. The topological polar surface area (TPSA) is 0 Å². The van der Waals surface area contributed by atoms with E-state index in [0.29, 0.717) is 0 Å². The summed E-state index contributed by atoms with van der Waals surface area (Å²) < 4.78 is 0. The van der Waals surface area contributed by atoms with E-state index in [0.717, 1.165) is 0 Å². The third-order valence-electron chi connectivity index (χ3n) is 2.80. The van der Waals surface area contributed by atoms with Crippen molar-refractivity contribution in [2.45, 2.75) is 71.1 Å². The second kappa shape index (κ2) is 14.3. The molecule has 0 aromatic rings. The van der Waals surface area contributed by atoms with E-state index in [1.165, 1.54) is 64.2 Å². The molecule has 0 rings (SSSR count). The molecular formula is C16H27. The van der Waals surface area contributed by atoms with Gasteiger partial charge in [0.25, 0.3) is 0 Å². The highest BCUT2D eigenvalue weighted by Crippen LogP contribution is 2.10. The Morgan fingerprint density at radius 2 is 1.44 bits per heavy atom. The van der Waals surface area contributed by atoms with Crippen LogP contribution >= 0.6 is 0 Å². The first kappa shape index (κ1) is 15.3. The predicted octanol–water partition coefficient (Wildman–Crippen LogP) is 5.61. The fraction of sp³-hybridized carbons (Fsp3) is 0.688. The summed E-state index contributed by atoms with van der Waals surface area (Å²) in [4.78, 5) is 0. The van der Waals surface area contributed by atoms with Crippen molar-refractivity contribution in [3.63, 3.8) is 0 Å². The summed E-state index contributed by atoms with van der Waals surface area (Å²) in [7, 11) is 0. The fourth-order valence-corrected chi connectivity index (χ4v) is 1.79. The minimum absolute atomic E-state index is 1.17. The average Bonchev–Trinajstić information content (AvgIpc) is 2.31. The van der Waals surface area contributed by atoms with Crippen LogP contribution in [0.25, 0.3) is 0 Å². The summed E-state index contributed by atoms with van der Waals surface area (Å²) in [5, 5.41) is 0. The normalized spacial score (nSPS) is 10.6. The van der Waals surface area contributed by atoms with Crippen LogP contribution in [0.5, 0.6) is 0 Å². The lowest BCUT2D eigenvalue weighted by molar-refractivity contribution is 0.566. The van der Waals surface area contributed by atoms with Crippen molar-refractivity contribution in [1.82, 2.24) is 0 Å². The van der Waals surface area contributed by atoms with Crippen molar-refractivity contribution in [3.8, 4) is 0 Å². The molecule has 0 atom stereocenters. The maximum Gasteiger partial charge on any atom is -0.0123 e. The number of rotatable bonds is 11. The molecule has 91 valence electrons. The van der Waals surface area contributed by atoms with Gasteiger partial charge in [-0.15, -0.1) is 5.73 Å². The molecular weight excluding hydrogens is 192 g/mol. The van der Waals surface area contributed by atoms with Gasteiger partial charge in [0.15, 0.2) is 0 Å². The molecule has 0 unspecified atom stereocenters. The first-order valence-electron chi connectivity index (χ1n) is 6.86. The van der Waals surface area contributed by atoms with Crippen LogP contribution in [0.2, 0.25) is 0 Å². The van der Waals surface area contributed by atoms with Crippen LogP contribution < -0.4 is 0 Å². The number of unbranched alkanes of at least 4 members (excludes halogenated alkanes) is 9. The van der Waals surface area contributed by atoms with Crippen LogP contribution in [0.1, 0.15) is 71.1 Å². The van der Waals surface area contributed by atoms with Crippen LogP contribution in [-0.4, -0.2) is 0 Å². The molecule has 1 radical (unpaired) electrons. The van der Waals surface area contributed by atoms with Crippen LogP contribution in [-0.2, 0) is 0 Å². The highest BCUT2D eigenvalue weighted by atomic mass is 14.0. The van der Waals surface area contributed by atoms with Crippen molar-refractivity contribution < 1.29 is 0 Å². The van der Waals surface area contributed by atoms with Gasteiger partial charge in [-0.2, -0.15) is 0 Å². The van der Waals surface area contributed by atoms with Crippen molar-refractivity contribution in [3.05, 3.63) is 30.5 Å². The van der Waals surface area contributed by atoms with Gasteiger partial charge in [0.05, 0.1) is 0 Å². The van der Waals surface area contributed by atoms with E-state index >= 15 is 0 Å². The standard InChI is InChI=1S/C16H27/c1-3-5-7-9-11-13-15-16-14-12-10-8-6-4-2/h1,5,7,9H,4,6,8,10-16H2,2H3. The van der Waals surface area contributed by atoms with Gasteiger partial charge in [-0.05, 0) is 25.5 Å². The fourth-order valence-electron chi connectivity index (χ4n) is 1.79. The summed E-state index contributed by atoms with van der Waals surface area (Å²) in [6.45, 7) is 7.37. The van der Waals surface area contributed by atoms with E-state index in [4.69, 9.17) is 6.58 Å². The molecule has 0 aliphatic carbocycles.